The van der Waals surface area contributed by atoms with Gasteiger partial charge in [0.15, 0.2) is 0 Å². The first-order valence-electron chi connectivity index (χ1n) is 5.74. The van der Waals surface area contributed by atoms with Crippen LogP contribution < -0.4 is 5.84 Å². The Hall–Kier alpha value is -1.91. The molecule has 18 heavy (non-hydrogen) atoms. The molecule has 0 aliphatic carbocycles. The van der Waals surface area contributed by atoms with Gasteiger partial charge < -0.3 is 4.74 Å². The van der Waals surface area contributed by atoms with Gasteiger partial charge in [0.25, 0.3) is 5.91 Å². The molecule has 4 heteroatoms. The second-order valence-electron chi connectivity index (χ2n) is 4.14. The fraction of sp³-hybridized carbons (Fsp3) is 0.214. The lowest BCUT2D eigenvalue weighted by Gasteiger charge is -2.11. The number of hydrogen-bond acceptors (Lipinski definition) is 3. The average Bonchev–Trinajstić information content (AvgIpc) is 2.38. The van der Waals surface area contributed by atoms with Gasteiger partial charge in [0.1, 0.15) is 6.61 Å². The molecular weight excluding hydrogens is 228 g/mol. The molecule has 2 rings (SSSR count). The summed E-state index contributed by atoms with van der Waals surface area (Å²) in [5.41, 5.74) is 1.07. The summed E-state index contributed by atoms with van der Waals surface area (Å²) in [6.07, 6.45) is 0. The van der Waals surface area contributed by atoms with E-state index in [0.717, 1.165) is 16.0 Å². The Kier molecular flexibility index (Phi) is 3.92. The third kappa shape index (κ3) is 2.85. The molecule has 1 amide bonds. The Morgan fingerprint density at radius 3 is 2.72 bits per heavy atom. The molecular formula is C14H16N2O2. The predicted octanol–water partition coefficient (Wildman–Crippen LogP) is 1.69. The SMILES string of the molecule is CN(N)C(=O)COCc1cccc2ccccc12. The van der Waals surface area contributed by atoms with Crippen LogP contribution in [0.15, 0.2) is 42.5 Å². The summed E-state index contributed by atoms with van der Waals surface area (Å²) in [6, 6.07) is 14.1. The van der Waals surface area contributed by atoms with Gasteiger partial charge in [-0.05, 0) is 16.3 Å². The number of carbonyl (C=O) groups excluding carboxylic acids is 1. The molecule has 4 nitrogen and oxygen atoms in total. The first-order valence-corrected chi connectivity index (χ1v) is 5.74. The molecule has 0 heterocycles. The van der Waals surface area contributed by atoms with Crippen LogP contribution in [0, 0.1) is 0 Å². The van der Waals surface area contributed by atoms with Gasteiger partial charge in [0, 0.05) is 7.05 Å². The van der Waals surface area contributed by atoms with Crippen LogP contribution >= 0.6 is 0 Å². The van der Waals surface area contributed by atoms with Crippen molar-refractivity contribution in [2.45, 2.75) is 6.61 Å². The quantitative estimate of drug-likeness (QED) is 0.506. The van der Waals surface area contributed by atoms with Crippen LogP contribution in [0.25, 0.3) is 10.8 Å². The van der Waals surface area contributed by atoms with Crippen LogP contribution in [0.5, 0.6) is 0 Å². The van der Waals surface area contributed by atoms with Gasteiger partial charge in [0.2, 0.25) is 0 Å². The summed E-state index contributed by atoms with van der Waals surface area (Å²) < 4.78 is 5.38. The lowest BCUT2D eigenvalue weighted by molar-refractivity contribution is -0.135. The van der Waals surface area contributed by atoms with E-state index in [2.05, 4.69) is 12.1 Å². The van der Waals surface area contributed by atoms with E-state index in [1.807, 2.05) is 30.3 Å². The fourth-order valence-electron chi connectivity index (χ4n) is 1.77. The predicted molar refractivity (Wildman–Crippen MR) is 70.6 cm³/mol. The lowest BCUT2D eigenvalue weighted by atomic mass is 10.1. The molecule has 2 aromatic carbocycles. The topological polar surface area (TPSA) is 55.6 Å². The summed E-state index contributed by atoms with van der Waals surface area (Å²) >= 11 is 0. The zero-order valence-corrected chi connectivity index (χ0v) is 10.3. The molecule has 0 fully saturated rings. The number of rotatable bonds is 4. The van der Waals surface area contributed by atoms with Crippen molar-refractivity contribution in [2.75, 3.05) is 13.7 Å². The van der Waals surface area contributed by atoms with Gasteiger partial charge in [-0.3, -0.25) is 9.80 Å². The van der Waals surface area contributed by atoms with Crippen molar-refractivity contribution in [2.24, 2.45) is 5.84 Å². The Morgan fingerprint density at radius 1 is 1.22 bits per heavy atom. The highest BCUT2D eigenvalue weighted by atomic mass is 16.5. The summed E-state index contributed by atoms with van der Waals surface area (Å²) in [5.74, 6) is 5.07. The van der Waals surface area contributed by atoms with E-state index in [9.17, 15) is 4.79 Å². The van der Waals surface area contributed by atoms with Crippen molar-refractivity contribution in [3.63, 3.8) is 0 Å². The van der Waals surface area contributed by atoms with Crippen LogP contribution in [-0.2, 0) is 16.1 Å². The van der Waals surface area contributed by atoms with Gasteiger partial charge >= 0.3 is 0 Å². The Bertz CT molecular complexity index is 547. The molecule has 0 atom stereocenters. The second kappa shape index (κ2) is 5.62. The Balaban J connectivity index is 2.06. The van der Waals surface area contributed by atoms with Crippen molar-refractivity contribution in [1.82, 2.24) is 5.01 Å². The maximum Gasteiger partial charge on any atom is 0.262 e. The Labute approximate surface area is 106 Å². The van der Waals surface area contributed by atoms with E-state index in [-0.39, 0.29) is 12.5 Å². The van der Waals surface area contributed by atoms with E-state index in [1.54, 1.807) is 0 Å². The number of amides is 1. The number of fused-ring (bicyclic) bond motifs is 1. The van der Waals surface area contributed by atoms with Crippen molar-refractivity contribution in [1.29, 1.82) is 0 Å². The van der Waals surface area contributed by atoms with Crippen LogP contribution in [0.1, 0.15) is 5.56 Å². The summed E-state index contributed by atoms with van der Waals surface area (Å²) in [5, 5.41) is 3.35. The van der Waals surface area contributed by atoms with E-state index >= 15 is 0 Å². The molecule has 0 aliphatic rings. The monoisotopic (exact) mass is 244 g/mol. The Morgan fingerprint density at radius 2 is 1.94 bits per heavy atom. The normalized spacial score (nSPS) is 10.6. The zero-order chi connectivity index (χ0) is 13.0. The van der Waals surface area contributed by atoms with Crippen LogP contribution in [0.2, 0.25) is 0 Å². The molecule has 0 unspecified atom stereocenters. The summed E-state index contributed by atoms with van der Waals surface area (Å²) in [6.45, 7) is 0.400. The standard InChI is InChI=1S/C14H16N2O2/c1-16(15)14(17)10-18-9-12-7-4-6-11-5-2-3-8-13(11)12/h2-8H,9-10,15H2,1H3. The van der Waals surface area contributed by atoms with Crippen molar-refractivity contribution in [3.05, 3.63) is 48.0 Å². The first-order chi connectivity index (χ1) is 8.68. The molecule has 0 bridgehead atoms. The molecule has 94 valence electrons. The first kappa shape index (κ1) is 12.5. The number of ether oxygens (including phenoxy) is 1. The maximum atomic E-state index is 11.3. The highest BCUT2D eigenvalue weighted by Crippen LogP contribution is 2.18. The minimum atomic E-state index is -0.241. The van der Waals surface area contributed by atoms with E-state index in [0.29, 0.717) is 6.61 Å². The van der Waals surface area contributed by atoms with Gasteiger partial charge in [-0.25, -0.2) is 5.84 Å². The van der Waals surface area contributed by atoms with Crippen molar-refractivity contribution >= 4 is 16.7 Å². The second-order valence-corrected chi connectivity index (χ2v) is 4.14. The smallest absolute Gasteiger partial charge is 0.262 e. The molecule has 0 radical (unpaired) electrons. The minimum Gasteiger partial charge on any atom is -0.367 e. The zero-order valence-electron chi connectivity index (χ0n) is 10.3. The van der Waals surface area contributed by atoms with Crippen LogP contribution in [0.3, 0.4) is 0 Å². The number of nitrogens with zero attached hydrogens (tertiary/aromatic N) is 1. The van der Waals surface area contributed by atoms with Gasteiger partial charge in [-0.1, -0.05) is 42.5 Å². The van der Waals surface area contributed by atoms with E-state index in [4.69, 9.17) is 10.6 Å². The fourth-order valence-corrected chi connectivity index (χ4v) is 1.77. The average molecular weight is 244 g/mol. The molecule has 0 saturated heterocycles. The largest absolute Gasteiger partial charge is 0.367 e. The maximum absolute atomic E-state index is 11.3. The summed E-state index contributed by atoms with van der Waals surface area (Å²) in [4.78, 5) is 11.3. The van der Waals surface area contributed by atoms with Gasteiger partial charge in [0.05, 0.1) is 6.61 Å². The van der Waals surface area contributed by atoms with Crippen molar-refractivity contribution < 1.29 is 9.53 Å². The minimum absolute atomic E-state index is 0.00375. The van der Waals surface area contributed by atoms with Crippen LogP contribution in [0.4, 0.5) is 0 Å². The molecule has 2 N–H and O–H groups in total. The molecule has 0 aliphatic heterocycles. The van der Waals surface area contributed by atoms with Crippen LogP contribution in [-0.4, -0.2) is 24.6 Å². The third-order valence-corrected chi connectivity index (χ3v) is 2.76. The number of hydrazine groups is 1. The van der Waals surface area contributed by atoms with E-state index < -0.39 is 0 Å². The van der Waals surface area contributed by atoms with Gasteiger partial charge in [-0.2, -0.15) is 0 Å². The number of nitrogens with two attached hydrogens (primary N) is 1. The number of carbonyl (C=O) groups is 1. The molecule has 2 aromatic rings. The molecule has 0 spiro atoms. The van der Waals surface area contributed by atoms with Crippen molar-refractivity contribution in [3.8, 4) is 0 Å². The third-order valence-electron chi connectivity index (χ3n) is 2.76. The molecule has 0 aromatic heterocycles. The summed E-state index contributed by atoms with van der Waals surface area (Å²) in [7, 11) is 1.50. The highest BCUT2D eigenvalue weighted by Gasteiger charge is 2.05. The number of likely N-dealkylation sites (N-methyl/N-ethyl adjacent to an activating group) is 1. The number of hydrogen-bond donors (Lipinski definition) is 1. The lowest BCUT2D eigenvalue weighted by Crippen LogP contribution is -2.35. The number of benzene rings is 2. The highest BCUT2D eigenvalue weighted by molar-refractivity contribution is 5.85. The molecule has 0 saturated carbocycles. The van der Waals surface area contributed by atoms with E-state index in [1.165, 1.54) is 12.4 Å². The van der Waals surface area contributed by atoms with Gasteiger partial charge in [-0.15, -0.1) is 0 Å².